The summed E-state index contributed by atoms with van der Waals surface area (Å²) in [6.07, 6.45) is 2.04. The Balaban J connectivity index is 1.56. The van der Waals surface area contributed by atoms with Crippen LogP contribution in [0.25, 0.3) is 0 Å². The van der Waals surface area contributed by atoms with Crippen LogP contribution < -0.4 is 10.1 Å². The highest BCUT2D eigenvalue weighted by atomic mass is 19.1. The van der Waals surface area contributed by atoms with Crippen molar-refractivity contribution in [2.45, 2.75) is 31.8 Å². The van der Waals surface area contributed by atoms with Gasteiger partial charge >= 0.3 is 0 Å². The van der Waals surface area contributed by atoms with Crippen LogP contribution in [0.4, 0.5) is 8.78 Å². The lowest BCUT2D eigenvalue weighted by Gasteiger charge is -2.34. The number of ether oxygens (including phenoxy) is 1. The van der Waals surface area contributed by atoms with Crippen molar-refractivity contribution >= 4 is 11.8 Å². The standard InChI is InChI=1S/C17H20F2N2O3/c1-20-15(22)17(6-7-17)16(23)21-8-4-12(5-9-21)24-14-3-2-11(18)10-13(14)19/h2-3,10,12H,4-9H2,1H3,(H,20,22). The van der Waals surface area contributed by atoms with E-state index in [2.05, 4.69) is 5.32 Å². The third-order valence-electron chi connectivity index (χ3n) is 4.74. The van der Waals surface area contributed by atoms with Crippen molar-refractivity contribution in [2.75, 3.05) is 20.1 Å². The van der Waals surface area contributed by atoms with Crippen LogP contribution in [0.1, 0.15) is 25.7 Å². The van der Waals surface area contributed by atoms with E-state index in [1.54, 1.807) is 4.90 Å². The summed E-state index contributed by atoms with van der Waals surface area (Å²) in [5.74, 6) is -1.72. The molecule has 130 valence electrons. The summed E-state index contributed by atoms with van der Waals surface area (Å²) in [6, 6.07) is 3.21. The maximum Gasteiger partial charge on any atom is 0.238 e. The molecule has 2 amide bonds. The number of hydrogen-bond acceptors (Lipinski definition) is 3. The quantitative estimate of drug-likeness (QED) is 0.853. The second-order valence-corrected chi connectivity index (χ2v) is 6.35. The minimum absolute atomic E-state index is 0.0187. The number of hydrogen-bond donors (Lipinski definition) is 1. The second-order valence-electron chi connectivity index (χ2n) is 6.35. The number of rotatable bonds is 4. The number of piperidine rings is 1. The summed E-state index contributed by atoms with van der Waals surface area (Å²) in [6.45, 7) is 0.927. The van der Waals surface area contributed by atoms with Crippen molar-refractivity contribution in [2.24, 2.45) is 5.41 Å². The maximum absolute atomic E-state index is 13.6. The molecule has 1 N–H and O–H groups in total. The van der Waals surface area contributed by atoms with Crippen molar-refractivity contribution in [3.63, 3.8) is 0 Å². The normalized spacial score (nSPS) is 19.7. The van der Waals surface area contributed by atoms with E-state index in [4.69, 9.17) is 4.74 Å². The molecule has 1 saturated carbocycles. The highest BCUT2D eigenvalue weighted by Gasteiger charge is 2.57. The van der Waals surface area contributed by atoms with Crippen LogP contribution in [0.15, 0.2) is 18.2 Å². The predicted octanol–water partition coefficient (Wildman–Crippen LogP) is 1.86. The van der Waals surface area contributed by atoms with E-state index < -0.39 is 17.0 Å². The van der Waals surface area contributed by atoms with Gasteiger partial charge < -0.3 is 15.0 Å². The van der Waals surface area contributed by atoms with E-state index in [-0.39, 0.29) is 23.7 Å². The average Bonchev–Trinajstić information content (AvgIpc) is 3.38. The van der Waals surface area contributed by atoms with Gasteiger partial charge in [0.2, 0.25) is 11.8 Å². The van der Waals surface area contributed by atoms with Crippen LogP contribution in [0, 0.1) is 17.0 Å². The van der Waals surface area contributed by atoms with Gasteiger partial charge in [-0.3, -0.25) is 9.59 Å². The Morgan fingerprint density at radius 2 is 1.92 bits per heavy atom. The summed E-state index contributed by atoms with van der Waals surface area (Å²) >= 11 is 0. The fourth-order valence-electron chi connectivity index (χ4n) is 3.13. The van der Waals surface area contributed by atoms with E-state index in [1.165, 1.54) is 13.1 Å². The molecule has 0 spiro atoms. The van der Waals surface area contributed by atoms with Gasteiger partial charge in [-0.25, -0.2) is 8.78 Å². The van der Waals surface area contributed by atoms with Crippen molar-refractivity contribution < 1.29 is 23.1 Å². The number of nitrogens with zero attached hydrogens (tertiary/aromatic N) is 1. The van der Waals surface area contributed by atoms with Crippen molar-refractivity contribution in [1.29, 1.82) is 0 Å². The third kappa shape index (κ3) is 3.07. The molecule has 1 aliphatic heterocycles. The molecular formula is C17H20F2N2O3. The van der Waals surface area contributed by atoms with Crippen molar-refractivity contribution in [3.05, 3.63) is 29.8 Å². The number of benzene rings is 1. The first-order valence-electron chi connectivity index (χ1n) is 8.09. The van der Waals surface area contributed by atoms with Crippen LogP contribution in [0.5, 0.6) is 5.75 Å². The summed E-state index contributed by atoms with van der Waals surface area (Å²) < 4.78 is 32.1. The molecular weight excluding hydrogens is 318 g/mol. The van der Waals surface area contributed by atoms with Crippen molar-refractivity contribution in [1.82, 2.24) is 10.2 Å². The molecule has 0 radical (unpaired) electrons. The molecule has 1 aromatic carbocycles. The van der Waals surface area contributed by atoms with Gasteiger partial charge in [-0.15, -0.1) is 0 Å². The van der Waals surface area contributed by atoms with Gasteiger partial charge in [0.25, 0.3) is 0 Å². The van der Waals surface area contributed by atoms with E-state index >= 15 is 0 Å². The molecule has 1 saturated heterocycles. The molecule has 7 heteroatoms. The molecule has 1 heterocycles. The monoisotopic (exact) mass is 338 g/mol. The Hall–Kier alpha value is -2.18. The average molecular weight is 338 g/mol. The second kappa shape index (κ2) is 6.37. The first kappa shape index (κ1) is 16.7. The molecule has 2 aliphatic rings. The first-order chi connectivity index (χ1) is 11.5. The number of nitrogens with one attached hydrogen (secondary N) is 1. The fraction of sp³-hybridized carbons (Fsp3) is 0.529. The van der Waals surface area contributed by atoms with Gasteiger partial charge in [-0.05, 0) is 25.0 Å². The minimum atomic E-state index is -0.883. The SMILES string of the molecule is CNC(=O)C1(C(=O)N2CCC(Oc3ccc(F)cc3F)CC2)CC1. The molecule has 0 aromatic heterocycles. The molecule has 2 fully saturated rings. The van der Waals surface area contributed by atoms with Gasteiger partial charge in [-0.2, -0.15) is 0 Å². The van der Waals surface area contributed by atoms with Crippen LogP contribution >= 0.6 is 0 Å². The Morgan fingerprint density at radius 3 is 2.46 bits per heavy atom. The molecule has 0 unspecified atom stereocenters. The highest BCUT2D eigenvalue weighted by molar-refractivity contribution is 6.07. The molecule has 0 bridgehead atoms. The smallest absolute Gasteiger partial charge is 0.238 e. The Kier molecular flexibility index (Phi) is 4.43. The number of carbonyl (C=O) groups is 2. The summed E-state index contributed by atoms with van der Waals surface area (Å²) in [5, 5.41) is 2.56. The summed E-state index contributed by atoms with van der Waals surface area (Å²) in [4.78, 5) is 26.1. The molecule has 24 heavy (non-hydrogen) atoms. The van der Waals surface area contributed by atoms with Gasteiger partial charge in [-0.1, -0.05) is 0 Å². The summed E-state index contributed by atoms with van der Waals surface area (Å²) in [7, 11) is 1.53. The van der Waals surface area contributed by atoms with Crippen LogP contribution in [0.2, 0.25) is 0 Å². The van der Waals surface area contributed by atoms with Gasteiger partial charge in [0.15, 0.2) is 11.6 Å². The van der Waals surface area contributed by atoms with E-state index in [0.717, 1.165) is 12.1 Å². The molecule has 5 nitrogen and oxygen atoms in total. The van der Waals surface area contributed by atoms with Gasteiger partial charge in [0.1, 0.15) is 17.3 Å². The maximum atomic E-state index is 13.6. The first-order valence-corrected chi connectivity index (χ1v) is 8.09. The third-order valence-corrected chi connectivity index (χ3v) is 4.74. The largest absolute Gasteiger partial charge is 0.487 e. The van der Waals surface area contributed by atoms with Gasteiger partial charge in [0.05, 0.1) is 0 Å². The van der Waals surface area contributed by atoms with E-state index in [0.29, 0.717) is 38.8 Å². The van der Waals surface area contributed by atoms with Gasteiger partial charge in [0, 0.05) is 39.0 Å². The Labute approximate surface area is 139 Å². The van der Waals surface area contributed by atoms with E-state index in [9.17, 15) is 18.4 Å². The Morgan fingerprint density at radius 1 is 1.25 bits per heavy atom. The fourth-order valence-corrected chi connectivity index (χ4v) is 3.13. The molecule has 3 rings (SSSR count). The number of carbonyl (C=O) groups excluding carboxylic acids is 2. The zero-order valence-corrected chi connectivity index (χ0v) is 13.5. The zero-order valence-electron chi connectivity index (χ0n) is 13.5. The number of amides is 2. The van der Waals surface area contributed by atoms with Crippen LogP contribution in [-0.4, -0.2) is 43.0 Å². The topological polar surface area (TPSA) is 58.6 Å². The zero-order chi connectivity index (χ0) is 17.3. The highest BCUT2D eigenvalue weighted by Crippen LogP contribution is 2.47. The number of halogens is 2. The lowest BCUT2D eigenvalue weighted by molar-refractivity contribution is -0.145. The van der Waals surface area contributed by atoms with E-state index in [1.807, 2.05) is 0 Å². The van der Waals surface area contributed by atoms with Crippen LogP contribution in [-0.2, 0) is 9.59 Å². The summed E-state index contributed by atoms with van der Waals surface area (Å²) in [5.41, 5.74) is -0.883. The Bertz CT molecular complexity index is 653. The molecule has 1 aliphatic carbocycles. The van der Waals surface area contributed by atoms with Crippen molar-refractivity contribution in [3.8, 4) is 5.75 Å². The lowest BCUT2D eigenvalue weighted by atomic mass is 10.0. The molecule has 1 aromatic rings. The van der Waals surface area contributed by atoms with Crippen LogP contribution in [0.3, 0.4) is 0 Å². The lowest BCUT2D eigenvalue weighted by Crippen LogP contribution is -2.48. The minimum Gasteiger partial charge on any atom is -0.487 e. The number of likely N-dealkylation sites (tertiary alicyclic amines) is 1. The predicted molar refractivity (Wildman–Crippen MR) is 82.3 cm³/mol. The molecule has 0 atom stereocenters.